The summed E-state index contributed by atoms with van der Waals surface area (Å²) in [5, 5.41) is 21.6. The zero-order valence-electron chi connectivity index (χ0n) is 14.1. The number of ether oxygens (including phenoxy) is 1. The second-order valence-corrected chi connectivity index (χ2v) is 5.46. The van der Waals surface area contributed by atoms with Gasteiger partial charge in [0, 0.05) is 19.1 Å². The highest BCUT2D eigenvalue weighted by Crippen LogP contribution is 2.10. The van der Waals surface area contributed by atoms with Crippen molar-refractivity contribution in [1.82, 2.24) is 10.6 Å². The molecule has 25 heavy (non-hydrogen) atoms. The summed E-state index contributed by atoms with van der Waals surface area (Å²) in [7, 11) is 0. The van der Waals surface area contributed by atoms with Crippen LogP contribution in [0.15, 0.2) is 30.3 Å². The van der Waals surface area contributed by atoms with E-state index in [9.17, 15) is 4.79 Å². The van der Waals surface area contributed by atoms with Crippen LogP contribution < -0.4 is 10.6 Å². The Balaban J connectivity index is 0.000000450. The normalized spacial score (nSPS) is 19.2. The number of hydrogen-bond acceptors (Lipinski definition) is 6. The lowest BCUT2D eigenvalue weighted by Gasteiger charge is -2.29. The lowest BCUT2D eigenvalue weighted by atomic mass is 10.0. The molecule has 2 atom stereocenters. The molecule has 2 rings (SSSR count). The Kier molecular flexibility index (Phi) is 9.20. The third-order valence-corrected chi connectivity index (χ3v) is 3.61. The predicted octanol–water partition coefficient (Wildman–Crippen LogP) is 0.616. The maximum Gasteiger partial charge on any atom is 0.414 e. The molecule has 1 aliphatic heterocycles. The molecule has 0 aliphatic carbocycles. The summed E-state index contributed by atoms with van der Waals surface area (Å²) in [5.41, 5.74) is 1.29. The Morgan fingerprint density at radius 2 is 1.80 bits per heavy atom. The largest absolute Gasteiger partial charge is 0.473 e. The number of aliphatic carboxylic acids is 2. The first-order valence-electron chi connectivity index (χ1n) is 8.07. The standard InChI is InChI=1S/C15H22N2O2.C2H2O4/c1-2-19-15(18)14-9-8-13(11-17-14)16-10-12-6-4-3-5-7-12;3-1(4)2(5)6/h3-7,13-14,16-17H,2,8-11H2,1H3;(H,3,4)(H,5,6)/t13-,14+;/m0./s1. The lowest BCUT2D eigenvalue weighted by molar-refractivity contribution is -0.159. The summed E-state index contributed by atoms with van der Waals surface area (Å²) in [5.74, 6) is -3.77. The van der Waals surface area contributed by atoms with Gasteiger partial charge in [0.15, 0.2) is 0 Å². The van der Waals surface area contributed by atoms with Gasteiger partial charge in [-0.2, -0.15) is 0 Å². The van der Waals surface area contributed by atoms with Crippen molar-refractivity contribution in [2.75, 3.05) is 13.2 Å². The molecule has 8 nitrogen and oxygen atoms in total. The minimum absolute atomic E-state index is 0.121. The average Bonchev–Trinajstić information content (AvgIpc) is 2.62. The van der Waals surface area contributed by atoms with Crippen LogP contribution in [0.5, 0.6) is 0 Å². The third kappa shape index (κ3) is 8.27. The van der Waals surface area contributed by atoms with Gasteiger partial charge in [0.25, 0.3) is 0 Å². The summed E-state index contributed by atoms with van der Waals surface area (Å²) in [6.45, 7) is 3.98. The van der Waals surface area contributed by atoms with Gasteiger partial charge in [-0.3, -0.25) is 4.79 Å². The topological polar surface area (TPSA) is 125 Å². The summed E-state index contributed by atoms with van der Waals surface area (Å²) < 4.78 is 5.02. The predicted molar refractivity (Wildman–Crippen MR) is 90.0 cm³/mol. The number of nitrogens with one attached hydrogen (secondary N) is 2. The number of hydrogen-bond donors (Lipinski definition) is 4. The number of esters is 1. The number of rotatable bonds is 5. The van der Waals surface area contributed by atoms with Gasteiger partial charge in [-0.15, -0.1) is 0 Å². The quantitative estimate of drug-likeness (QED) is 0.449. The van der Waals surface area contributed by atoms with E-state index in [1.165, 1.54) is 5.56 Å². The molecule has 4 N–H and O–H groups in total. The van der Waals surface area contributed by atoms with Crippen LogP contribution in [0.3, 0.4) is 0 Å². The summed E-state index contributed by atoms with van der Waals surface area (Å²) >= 11 is 0. The lowest BCUT2D eigenvalue weighted by Crippen LogP contribution is -2.51. The second kappa shape index (κ2) is 11.2. The molecule has 1 heterocycles. The molecule has 0 unspecified atom stereocenters. The highest BCUT2D eigenvalue weighted by molar-refractivity contribution is 6.27. The van der Waals surface area contributed by atoms with Crippen LogP contribution in [0.4, 0.5) is 0 Å². The molecule has 1 aliphatic rings. The number of carboxylic acids is 2. The molecule has 138 valence electrons. The minimum Gasteiger partial charge on any atom is -0.473 e. The van der Waals surface area contributed by atoms with Gasteiger partial charge < -0.3 is 25.6 Å². The van der Waals surface area contributed by atoms with Crippen molar-refractivity contribution >= 4 is 17.9 Å². The number of carboxylic acid groups (broad SMARTS) is 2. The minimum atomic E-state index is -1.82. The first-order valence-corrected chi connectivity index (χ1v) is 8.07. The molecule has 1 fully saturated rings. The molecule has 0 bridgehead atoms. The third-order valence-electron chi connectivity index (χ3n) is 3.61. The first-order chi connectivity index (χ1) is 11.9. The Morgan fingerprint density at radius 3 is 2.28 bits per heavy atom. The van der Waals surface area contributed by atoms with Gasteiger partial charge in [0.1, 0.15) is 6.04 Å². The van der Waals surface area contributed by atoms with E-state index in [2.05, 4.69) is 22.8 Å². The molecule has 1 aromatic carbocycles. The van der Waals surface area contributed by atoms with Crippen LogP contribution in [0.1, 0.15) is 25.3 Å². The SMILES string of the molecule is CCOC(=O)[C@H]1CC[C@H](NCc2ccccc2)CN1.O=C(O)C(=O)O. The van der Waals surface area contributed by atoms with E-state index in [4.69, 9.17) is 24.5 Å². The Morgan fingerprint density at radius 1 is 1.16 bits per heavy atom. The van der Waals surface area contributed by atoms with Crippen LogP contribution in [-0.2, 0) is 25.7 Å². The second-order valence-electron chi connectivity index (χ2n) is 5.46. The van der Waals surface area contributed by atoms with Gasteiger partial charge >= 0.3 is 17.9 Å². The van der Waals surface area contributed by atoms with Crippen LogP contribution >= 0.6 is 0 Å². The van der Waals surface area contributed by atoms with Crippen molar-refractivity contribution in [2.24, 2.45) is 0 Å². The maximum atomic E-state index is 11.6. The number of piperidine rings is 1. The van der Waals surface area contributed by atoms with E-state index in [0.29, 0.717) is 12.6 Å². The molecule has 1 saturated heterocycles. The molecule has 0 amide bonds. The van der Waals surface area contributed by atoms with Crippen LogP contribution in [0.2, 0.25) is 0 Å². The van der Waals surface area contributed by atoms with Gasteiger partial charge in [0.05, 0.1) is 6.61 Å². The first kappa shape index (κ1) is 20.6. The maximum absolute atomic E-state index is 11.6. The van der Waals surface area contributed by atoms with Gasteiger partial charge in [-0.1, -0.05) is 30.3 Å². The smallest absolute Gasteiger partial charge is 0.414 e. The molecule has 0 saturated carbocycles. The number of carbonyl (C=O) groups is 3. The van der Waals surface area contributed by atoms with Gasteiger partial charge in [0.2, 0.25) is 0 Å². The molecular weight excluding hydrogens is 328 g/mol. The van der Waals surface area contributed by atoms with Crippen molar-refractivity contribution in [3.05, 3.63) is 35.9 Å². The van der Waals surface area contributed by atoms with E-state index in [-0.39, 0.29) is 12.0 Å². The Hall–Kier alpha value is -2.45. The van der Waals surface area contributed by atoms with Crippen LogP contribution in [0.25, 0.3) is 0 Å². The Labute approximate surface area is 146 Å². The number of benzene rings is 1. The molecular formula is C17H24N2O6. The average molecular weight is 352 g/mol. The van der Waals surface area contributed by atoms with Crippen molar-refractivity contribution in [1.29, 1.82) is 0 Å². The van der Waals surface area contributed by atoms with Crippen molar-refractivity contribution in [3.8, 4) is 0 Å². The van der Waals surface area contributed by atoms with E-state index in [0.717, 1.165) is 25.9 Å². The zero-order valence-corrected chi connectivity index (χ0v) is 14.1. The summed E-state index contributed by atoms with van der Waals surface area (Å²) in [6.07, 6.45) is 1.84. The van der Waals surface area contributed by atoms with Crippen molar-refractivity contribution < 1.29 is 29.3 Å². The van der Waals surface area contributed by atoms with Gasteiger partial charge in [-0.25, -0.2) is 9.59 Å². The Bertz CT molecular complexity index is 544. The van der Waals surface area contributed by atoms with E-state index >= 15 is 0 Å². The summed E-state index contributed by atoms with van der Waals surface area (Å²) in [4.78, 5) is 29.8. The van der Waals surface area contributed by atoms with Gasteiger partial charge in [-0.05, 0) is 25.3 Å². The summed E-state index contributed by atoms with van der Waals surface area (Å²) in [6, 6.07) is 10.6. The van der Waals surface area contributed by atoms with E-state index < -0.39 is 11.9 Å². The molecule has 0 aromatic heterocycles. The number of carbonyl (C=O) groups excluding carboxylic acids is 1. The van der Waals surface area contributed by atoms with Crippen molar-refractivity contribution in [3.63, 3.8) is 0 Å². The molecule has 8 heteroatoms. The fourth-order valence-corrected chi connectivity index (χ4v) is 2.33. The van der Waals surface area contributed by atoms with E-state index in [1.807, 2.05) is 25.1 Å². The highest BCUT2D eigenvalue weighted by atomic mass is 16.5. The van der Waals surface area contributed by atoms with Crippen LogP contribution in [-0.4, -0.2) is 53.4 Å². The zero-order chi connectivity index (χ0) is 18.7. The fraction of sp³-hybridized carbons (Fsp3) is 0.471. The fourth-order valence-electron chi connectivity index (χ4n) is 2.33. The van der Waals surface area contributed by atoms with Crippen molar-refractivity contribution in [2.45, 2.75) is 38.4 Å². The molecule has 0 radical (unpaired) electrons. The highest BCUT2D eigenvalue weighted by Gasteiger charge is 2.26. The molecule has 1 aromatic rings. The van der Waals surface area contributed by atoms with E-state index in [1.54, 1.807) is 0 Å². The van der Waals surface area contributed by atoms with Crippen LogP contribution in [0, 0.1) is 0 Å². The monoisotopic (exact) mass is 352 g/mol. The molecule has 0 spiro atoms.